The average molecular weight is 1140 g/mol. The van der Waals surface area contributed by atoms with Gasteiger partial charge in [-0.2, -0.15) is 58.9 Å². The van der Waals surface area contributed by atoms with Crippen LogP contribution in [0.2, 0.25) is 10.0 Å². The molecule has 0 saturated carbocycles. The number of benzene rings is 5. The van der Waals surface area contributed by atoms with E-state index in [0.29, 0.717) is 5.56 Å². The highest BCUT2D eigenvalue weighted by Crippen LogP contribution is 2.41. The molecule has 0 unspecified atom stereocenters. The first-order valence-corrected chi connectivity index (χ1v) is 27.1. The smallest absolute Gasteiger partial charge is 0.298 e. The second-order valence-electron chi connectivity index (χ2n) is 14.6. The lowest BCUT2D eigenvalue weighted by molar-refractivity contribution is 0.146. The lowest BCUT2D eigenvalue weighted by Gasteiger charge is -2.17. The quantitative estimate of drug-likeness (QED) is 0.0171. The molecular formula is C41H40Cl2N10O17S4. The van der Waals surface area contributed by atoms with E-state index in [1.807, 2.05) is 0 Å². The second-order valence-corrected chi connectivity index (χ2v) is 21.2. The summed E-state index contributed by atoms with van der Waals surface area (Å²) in [5, 5.41) is 25.1. The van der Waals surface area contributed by atoms with Crippen LogP contribution < -0.4 is 34.9 Å². The topological polar surface area (TPSA) is 388 Å². The Morgan fingerprint density at radius 3 is 1.41 bits per heavy atom. The summed E-state index contributed by atoms with van der Waals surface area (Å²) in [4.78, 5) is 11.9. The van der Waals surface area contributed by atoms with E-state index in [2.05, 4.69) is 51.4 Å². The van der Waals surface area contributed by atoms with Gasteiger partial charge in [-0.15, -0.1) is 10.2 Å². The fourth-order valence-corrected chi connectivity index (χ4v) is 8.54. The monoisotopic (exact) mass is 1140 g/mol. The van der Waals surface area contributed by atoms with Gasteiger partial charge >= 0.3 is 0 Å². The normalized spacial score (nSPS) is 12.2. The Morgan fingerprint density at radius 1 is 0.527 bits per heavy atom. The minimum atomic E-state index is -4.75. The van der Waals surface area contributed by atoms with Crippen LogP contribution in [0.15, 0.2) is 120 Å². The van der Waals surface area contributed by atoms with Crippen LogP contribution in [0.3, 0.4) is 0 Å². The van der Waals surface area contributed by atoms with Gasteiger partial charge in [0.05, 0.1) is 58.5 Å². The van der Waals surface area contributed by atoms with Crippen molar-refractivity contribution in [2.45, 2.75) is 21.2 Å². The molecule has 0 radical (unpaired) electrons. The van der Waals surface area contributed by atoms with Gasteiger partial charge in [0.2, 0.25) is 17.8 Å². The molecule has 0 fully saturated rings. The van der Waals surface area contributed by atoms with Crippen molar-refractivity contribution in [1.29, 1.82) is 0 Å². The molecule has 7 N–H and O–H groups in total. The van der Waals surface area contributed by atoms with E-state index in [9.17, 15) is 51.9 Å². The number of methoxy groups -OCH3 is 3. The molecule has 0 aliphatic heterocycles. The van der Waals surface area contributed by atoms with E-state index >= 15 is 0 Å². The SMILES string of the molecule is COCCOc1cc(N=Nc2ccc(OC)c(S(=O)(=O)O)c2)c(Cl)cc1Nc1nc(NCc2ccc(S(=O)(=O)O)cc2)nc(Nc2cc(Cl)c(N=Nc3ccc(OC)c(S(=O)(=O)O)c3)cc2OCCS(=O)(=O)O)n1. The molecule has 33 heteroatoms. The molecule has 0 spiro atoms. The number of anilines is 5. The number of halogens is 2. The maximum atomic E-state index is 12.0. The van der Waals surface area contributed by atoms with Gasteiger partial charge in [0.15, 0.2) is 0 Å². The number of hydrogen-bond donors (Lipinski definition) is 7. The summed E-state index contributed by atoms with van der Waals surface area (Å²) in [7, 11) is -14.6. The molecule has 74 heavy (non-hydrogen) atoms. The maximum Gasteiger partial charge on any atom is 0.298 e. The van der Waals surface area contributed by atoms with Crippen LogP contribution in [0, 0.1) is 0 Å². The van der Waals surface area contributed by atoms with Crippen LogP contribution >= 0.6 is 23.2 Å². The van der Waals surface area contributed by atoms with E-state index in [-0.39, 0.29) is 110 Å². The molecule has 1 heterocycles. The van der Waals surface area contributed by atoms with Gasteiger partial charge in [0.1, 0.15) is 63.1 Å². The molecule has 27 nitrogen and oxygen atoms in total. The van der Waals surface area contributed by atoms with Crippen LogP contribution in [0.25, 0.3) is 0 Å². The number of aromatic nitrogens is 3. The molecule has 5 aromatic carbocycles. The Hall–Kier alpha value is -6.91. The van der Waals surface area contributed by atoms with Gasteiger partial charge in [0, 0.05) is 25.8 Å². The first-order chi connectivity index (χ1) is 34.8. The van der Waals surface area contributed by atoms with Gasteiger partial charge in [-0.25, -0.2) is 0 Å². The molecule has 6 aromatic rings. The zero-order valence-corrected chi connectivity index (χ0v) is 43.0. The third-order valence-corrected chi connectivity index (χ3v) is 13.3. The number of nitrogens with zero attached hydrogens (tertiary/aromatic N) is 7. The Bertz CT molecular complexity index is 3580. The fraction of sp³-hybridized carbons (Fsp3) is 0.195. The number of azo groups is 2. The van der Waals surface area contributed by atoms with Gasteiger partial charge in [0.25, 0.3) is 40.5 Å². The van der Waals surface area contributed by atoms with E-state index in [4.69, 9.17) is 46.9 Å². The summed E-state index contributed by atoms with van der Waals surface area (Å²) >= 11 is 13.3. The van der Waals surface area contributed by atoms with E-state index in [0.717, 1.165) is 12.1 Å². The summed E-state index contributed by atoms with van der Waals surface area (Å²) in [6.07, 6.45) is 0. The first kappa shape index (κ1) is 56.4. The van der Waals surface area contributed by atoms with Crippen LogP contribution in [0.5, 0.6) is 23.0 Å². The van der Waals surface area contributed by atoms with Crippen molar-refractivity contribution in [3.05, 3.63) is 101 Å². The van der Waals surface area contributed by atoms with Crippen molar-refractivity contribution in [2.24, 2.45) is 20.5 Å². The average Bonchev–Trinajstić information content (AvgIpc) is 3.32. The molecule has 0 amide bonds. The van der Waals surface area contributed by atoms with Crippen molar-refractivity contribution >= 4 is 116 Å². The van der Waals surface area contributed by atoms with Crippen molar-refractivity contribution in [3.8, 4) is 23.0 Å². The van der Waals surface area contributed by atoms with Gasteiger partial charge in [-0.3, -0.25) is 18.2 Å². The first-order valence-electron chi connectivity index (χ1n) is 20.4. The zero-order valence-electron chi connectivity index (χ0n) is 38.2. The molecule has 0 aliphatic carbocycles. The van der Waals surface area contributed by atoms with Crippen molar-refractivity contribution in [2.75, 3.05) is 62.9 Å². The third-order valence-electron chi connectivity index (χ3n) is 9.44. The summed E-state index contributed by atoms with van der Waals surface area (Å²) in [5.74, 6) is -1.80. The van der Waals surface area contributed by atoms with E-state index in [1.165, 1.54) is 94.1 Å². The Labute approximate surface area is 432 Å². The molecule has 394 valence electrons. The predicted molar refractivity (Wildman–Crippen MR) is 266 cm³/mol. The Balaban J connectivity index is 1.40. The molecule has 1 aromatic heterocycles. The Morgan fingerprint density at radius 2 is 0.986 bits per heavy atom. The van der Waals surface area contributed by atoms with E-state index < -0.39 is 62.6 Å². The summed E-state index contributed by atoms with van der Waals surface area (Å²) in [6, 6.07) is 17.6. The van der Waals surface area contributed by atoms with Crippen LogP contribution in [-0.2, 0) is 51.8 Å². The van der Waals surface area contributed by atoms with Gasteiger partial charge in [-0.05, 0) is 66.2 Å². The maximum absolute atomic E-state index is 12.0. The highest BCUT2D eigenvalue weighted by atomic mass is 35.5. The van der Waals surface area contributed by atoms with Crippen LogP contribution in [0.1, 0.15) is 5.56 Å². The summed E-state index contributed by atoms with van der Waals surface area (Å²) in [6.45, 7) is -0.519. The molecule has 0 aliphatic rings. The second kappa shape index (κ2) is 24.0. The van der Waals surface area contributed by atoms with Crippen molar-refractivity contribution < 1.29 is 75.6 Å². The zero-order chi connectivity index (χ0) is 54.0. The highest BCUT2D eigenvalue weighted by molar-refractivity contribution is 7.86. The Kier molecular flexibility index (Phi) is 18.3. The summed E-state index contributed by atoms with van der Waals surface area (Å²) < 4.78 is 160. The molecule has 0 saturated heterocycles. The largest absolute Gasteiger partial charge is 0.495 e. The number of ether oxygens (including phenoxy) is 5. The molecule has 0 bridgehead atoms. The standard InChI is InChI=1S/C41H40Cl2N10O17S4/c1-66-12-13-69-35-20-29(52-50-24-6-10-33(67-2)37(16-24)73(60,61)62)27(42)18-31(35)45-40-47-39(44-22-23-4-8-26(9-5-23)72(57,58)59)48-41(49-40)46-32-19-28(43)30(21-36(32)70-14-15-71(54,55)56)53-51-25-7-11-34(68-3)38(17-25)74(63,64)65/h4-11,16-21H,12-15,22H2,1-3H3,(H,54,55,56)(H,57,58,59)(H,60,61,62)(H,63,64,65)(H3,44,45,46,47,48,49). The predicted octanol–water partition coefficient (Wildman–Crippen LogP) is 8.16. The minimum Gasteiger partial charge on any atom is -0.495 e. The van der Waals surface area contributed by atoms with Gasteiger partial charge < -0.3 is 39.6 Å². The minimum absolute atomic E-state index is 0.00380. The van der Waals surface area contributed by atoms with E-state index in [1.54, 1.807) is 0 Å². The van der Waals surface area contributed by atoms with Gasteiger partial charge in [-0.1, -0.05) is 35.3 Å². The fourth-order valence-electron chi connectivity index (χ4n) is 6.01. The number of nitrogens with one attached hydrogen (secondary N) is 3. The summed E-state index contributed by atoms with van der Waals surface area (Å²) in [5.41, 5.74) is 0.483. The molecule has 0 atom stereocenters. The lowest BCUT2D eigenvalue weighted by atomic mass is 10.2. The number of rotatable bonds is 24. The third kappa shape index (κ3) is 15.8. The van der Waals surface area contributed by atoms with Crippen molar-refractivity contribution in [1.82, 2.24) is 15.0 Å². The lowest BCUT2D eigenvalue weighted by Crippen LogP contribution is -2.14. The van der Waals surface area contributed by atoms with Crippen LogP contribution in [0.4, 0.5) is 52.0 Å². The molecule has 6 rings (SSSR count). The van der Waals surface area contributed by atoms with Crippen molar-refractivity contribution in [3.63, 3.8) is 0 Å². The number of hydrogen-bond acceptors (Lipinski definition) is 23. The molecular weight excluding hydrogens is 1100 g/mol. The van der Waals surface area contributed by atoms with Crippen LogP contribution in [-0.4, -0.2) is 114 Å². The highest BCUT2D eigenvalue weighted by Gasteiger charge is 2.21.